The Morgan fingerprint density at radius 1 is 0.529 bits per heavy atom. The van der Waals surface area contributed by atoms with Crippen molar-refractivity contribution in [1.82, 2.24) is 0 Å². The van der Waals surface area contributed by atoms with Crippen LogP contribution in [0.1, 0.15) is 70.6 Å². The standard InChI is InChI=1S/C15H28O2/c1(2-4-6-8-10-14-12-16-14)3-5-7-9-11-15-13-17-15/h14-15H,1-13H2/t14-,15-/m1/s1. The van der Waals surface area contributed by atoms with Crippen LogP contribution in [0.2, 0.25) is 0 Å². The molecule has 2 heteroatoms. The van der Waals surface area contributed by atoms with E-state index in [1.54, 1.807) is 0 Å². The third-order valence-corrected chi connectivity index (χ3v) is 3.86. The fourth-order valence-corrected chi connectivity index (χ4v) is 2.45. The Labute approximate surface area is 106 Å². The number of hydrogen-bond donors (Lipinski definition) is 0. The molecule has 100 valence electrons. The smallest absolute Gasteiger partial charge is 0.0810 e. The lowest BCUT2D eigenvalue weighted by molar-refractivity contribution is 0.386. The highest BCUT2D eigenvalue weighted by atomic mass is 16.6. The molecule has 0 radical (unpaired) electrons. The van der Waals surface area contributed by atoms with Crippen LogP contribution < -0.4 is 0 Å². The lowest BCUT2D eigenvalue weighted by Crippen LogP contribution is -1.87. The van der Waals surface area contributed by atoms with Gasteiger partial charge in [-0.15, -0.1) is 0 Å². The largest absolute Gasteiger partial charge is 0.373 e. The molecule has 0 spiro atoms. The predicted octanol–water partition coefficient (Wildman–Crippen LogP) is 4.08. The van der Waals surface area contributed by atoms with Gasteiger partial charge < -0.3 is 9.47 Å². The van der Waals surface area contributed by atoms with Crippen molar-refractivity contribution in [3.63, 3.8) is 0 Å². The fourth-order valence-electron chi connectivity index (χ4n) is 2.45. The molecular formula is C15H28O2. The monoisotopic (exact) mass is 240 g/mol. The first-order valence-corrected chi connectivity index (χ1v) is 7.68. The summed E-state index contributed by atoms with van der Waals surface area (Å²) < 4.78 is 10.4. The molecule has 0 aromatic rings. The molecule has 2 aliphatic rings. The zero-order chi connectivity index (χ0) is 11.8. The van der Waals surface area contributed by atoms with Crippen LogP contribution in [0.5, 0.6) is 0 Å². The highest BCUT2D eigenvalue weighted by molar-refractivity contribution is 4.68. The van der Waals surface area contributed by atoms with E-state index in [-0.39, 0.29) is 0 Å². The summed E-state index contributed by atoms with van der Waals surface area (Å²) in [5.41, 5.74) is 0. The van der Waals surface area contributed by atoms with Crippen LogP contribution in [-0.2, 0) is 9.47 Å². The SMILES string of the molecule is C(CCCCC[C@@H]1CO1)CCCCC[C@@H]1CO1. The van der Waals surface area contributed by atoms with Gasteiger partial charge in [0, 0.05) is 0 Å². The van der Waals surface area contributed by atoms with Crippen molar-refractivity contribution in [2.75, 3.05) is 13.2 Å². The molecule has 2 fully saturated rings. The predicted molar refractivity (Wildman–Crippen MR) is 70.3 cm³/mol. The van der Waals surface area contributed by atoms with Crippen LogP contribution in [0, 0.1) is 0 Å². The van der Waals surface area contributed by atoms with Crippen molar-refractivity contribution in [3.8, 4) is 0 Å². The highest BCUT2D eigenvalue weighted by Crippen LogP contribution is 2.19. The van der Waals surface area contributed by atoms with Crippen LogP contribution in [0.25, 0.3) is 0 Å². The van der Waals surface area contributed by atoms with Gasteiger partial charge in [0.1, 0.15) is 0 Å². The van der Waals surface area contributed by atoms with E-state index in [4.69, 9.17) is 9.47 Å². The third kappa shape index (κ3) is 7.77. The van der Waals surface area contributed by atoms with E-state index in [1.165, 1.54) is 70.6 Å². The van der Waals surface area contributed by atoms with Crippen LogP contribution >= 0.6 is 0 Å². The molecule has 0 amide bonds. The summed E-state index contributed by atoms with van der Waals surface area (Å²) in [6.45, 7) is 2.07. The molecule has 2 saturated heterocycles. The van der Waals surface area contributed by atoms with Crippen LogP contribution in [0.4, 0.5) is 0 Å². The van der Waals surface area contributed by atoms with E-state index < -0.39 is 0 Å². The van der Waals surface area contributed by atoms with Gasteiger partial charge in [-0.3, -0.25) is 0 Å². The molecule has 2 rings (SSSR count). The molecule has 17 heavy (non-hydrogen) atoms. The van der Waals surface area contributed by atoms with E-state index in [2.05, 4.69) is 0 Å². The molecule has 2 heterocycles. The van der Waals surface area contributed by atoms with E-state index >= 15 is 0 Å². The summed E-state index contributed by atoms with van der Waals surface area (Å²) in [7, 11) is 0. The second kappa shape index (κ2) is 8.10. The Hall–Kier alpha value is -0.0800. The van der Waals surface area contributed by atoms with Crippen molar-refractivity contribution in [3.05, 3.63) is 0 Å². The van der Waals surface area contributed by atoms with Crippen molar-refractivity contribution < 1.29 is 9.47 Å². The zero-order valence-electron chi connectivity index (χ0n) is 11.2. The second-order valence-electron chi connectivity index (χ2n) is 5.67. The molecule has 2 atom stereocenters. The molecule has 0 aliphatic carbocycles. The van der Waals surface area contributed by atoms with Gasteiger partial charge in [-0.05, 0) is 12.8 Å². The Morgan fingerprint density at radius 2 is 0.824 bits per heavy atom. The maximum Gasteiger partial charge on any atom is 0.0810 e. The highest BCUT2D eigenvalue weighted by Gasteiger charge is 2.21. The lowest BCUT2D eigenvalue weighted by atomic mass is 10.0. The maximum atomic E-state index is 5.20. The van der Waals surface area contributed by atoms with Crippen molar-refractivity contribution in [2.24, 2.45) is 0 Å². The fraction of sp³-hybridized carbons (Fsp3) is 1.00. The summed E-state index contributed by atoms with van der Waals surface area (Å²) in [5.74, 6) is 0. The van der Waals surface area contributed by atoms with Crippen molar-refractivity contribution >= 4 is 0 Å². The summed E-state index contributed by atoms with van der Waals surface area (Å²) in [6, 6.07) is 0. The second-order valence-corrected chi connectivity index (χ2v) is 5.67. The van der Waals surface area contributed by atoms with Crippen molar-refractivity contribution in [2.45, 2.75) is 82.8 Å². The zero-order valence-corrected chi connectivity index (χ0v) is 11.2. The van der Waals surface area contributed by atoms with E-state index in [9.17, 15) is 0 Å². The van der Waals surface area contributed by atoms with Crippen LogP contribution in [-0.4, -0.2) is 25.4 Å². The van der Waals surface area contributed by atoms with Gasteiger partial charge in [-0.1, -0.05) is 57.8 Å². The minimum absolute atomic E-state index is 0.644. The molecule has 0 unspecified atom stereocenters. The maximum absolute atomic E-state index is 5.20. The summed E-state index contributed by atoms with van der Waals surface area (Å²) in [5, 5.41) is 0. The number of epoxide rings is 2. The minimum atomic E-state index is 0.644. The van der Waals surface area contributed by atoms with E-state index in [0.717, 1.165) is 13.2 Å². The summed E-state index contributed by atoms with van der Waals surface area (Å²) >= 11 is 0. The van der Waals surface area contributed by atoms with Gasteiger partial charge in [0.15, 0.2) is 0 Å². The van der Waals surface area contributed by atoms with Crippen LogP contribution in [0.3, 0.4) is 0 Å². The van der Waals surface area contributed by atoms with Gasteiger partial charge in [0.25, 0.3) is 0 Å². The Kier molecular flexibility index (Phi) is 6.36. The average Bonchev–Trinajstić information content (AvgIpc) is 3.19. The first-order chi connectivity index (χ1) is 8.45. The first-order valence-electron chi connectivity index (χ1n) is 7.68. The number of unbranched alkanes of at least 4 members (excludes halogenated alkanes) is 8. The molecule has 0 N–H and O–H groups in total. The topological polar surface area (TPSA) is 25.1 Å². The van der Waals surface area contributed by atoms with Crippen molar-refractivity contribution in [1.29, 1.82) is 0 Å². The Balaban J connectivity index is 1.20. The Bertz CT molecular complexity index is 165. The lowest BCUT2D eigenvalue weighted by Gasteiger charge is -2.01. The van der Waals surface area contributed by atoms with Gasteiger partial charge >= 0.3 is 0 Å². The molecular weight excluding hydrogens is 212 g/mol. The number of rotatable bonds is 12. The van der Waals surface area contributed by atoms with Gasteiger partial charge in [0.2, 0.25) is 0 Å². The molecule has 2 nitrogen and oxygen atoms in total. The van der Waals surface area contributed by atoms with Gasteiger partial charge in [0.05, 0.1) is 25.4 Å². The van der Waals surface area contributed by atoms with E-state index in [0.29, 0.717) is 12.2 Å². The van der Waals surface area contributed by atoms with E-state index in [1.807, 2.05) is 0 Å². The summed E-state index contributed by atoms with van der Waals surface area (Å²) in [6.07, 6.45) is 16.7. The normalized spacial score (nSPS) is 26.1. The summed E-state index contributed by atoms with van der Waals surface area (Å²) in [4.78, 5) is 0. The van der Waals surface area contributed by atoms with Crippen LogP contribution in [0.15, 0.2) is 0 Å². The van der Waals surface area contributed by atoms with Gasteiger partial charge in [-0.25, -0.2) is 0 Å². The minimum Gasteiger partial charge on any atom is -0.373 e. The average molecular weight is 240 g/mol. The third-order valence-electron chi connectivity index (χ3n) is 3.86. The number of hydrogen-bond acceptors (Lipinski definition) is 2. The molecule has 0 saturated carbocycles. The molecule has 2 aliphatic heterocycles. The first kappa shape index (κ1) is 13.4. The van der Waals surface area contributed by atoms with Gasteiger partial charge in [-0.2, -0.15) is 0 Å². The quantitative estimate of drug-likeness (QED) is 0.379. The molecule has 0 bridgehead atoms. The Morgan fingerprint density at radius 3 is 1.12 bits per heavy atom. The number of ether oxygens (including phenoxy) is 2. The molecule has 0 aromatic carbocycles. The molecule has 0 aromatic heterocycles.